The van der Waals surface area contributed by atoms with Crippen molar-refractivity contribution in [2.75, 3.05) is 5.01 Å². The van der Waals surface area contributed by atoms with Gasteiger partial charge < -0.3 is 0 Å². The van der Waals surface area contributed by atoms with Crippen molar-refractivity contribution in [1.82, 2.24) is 4.98 Å². The van der Waals surface area contributed by atoms with Gasteiger partial charge in [-0.25, -0.2) is 9.99 Å². The minimum Gasteiger partial charge on any atom is -0.288 e. The number of aromatic nitrogens is 1. The molecule has 0 amide bonds. The average molecular weight is 415 g/mol. The van der Waals surface area contributed by atoms with Crippen molar-refractivity contribution in [3.8, 4) is 0 Å². The molecule has 0 spiro atoms. The van der Waals surface area contributed by atoms with E-state index in [9.17, 15) is 14.9 Å². The summed E-state index contributed by atoms with van der Waals surface area (Å²) in [6.45, 7) is 0.546. The Kier molecular flexibility index (Phi) is 4.29. The van der Waals surface area contributed by atoms with Gasteiger partial charge in [-0.15, -0.1) is 16.5 Å². The average Bonchev–Trinajstić information content (AvgIpc) is 3.16. The molecule has 30 heavy (non-hydrogen) atoms. The van der Waals surface area contributed by atoms with Gasteiger partial charge in [0.05, 0.1) is 22.5 Å². The number of nitro benzene ring substituents is 1. The lowest BCUT2D eigenvalue weighted by Gasteiger charge is -2.21. The second-order valence-corrected chi connectivity index (χ2v) is 7.65. The van der Waals surface area contributed by atoms with E-state index in [1.54, 1.807) is 11.2 Å². The summed E-state index contributed by atoms with van der Waals surface area (Å²) >= 11 is 1.25. The van der Waals surface area contributed by atoms with Crippen molar-refractivity contribution in [2.24, 2.45) is 10.3 Å². The van der Waals surface area contributed by atoms with Gasteiger partial charge in [0.1, 0.15) is 15.4 Å². The van der Waals surface area contributed by atoms with E-state index >= 15 is 0 Å². The summed E-state index contributed by atoms with van der Waals surface area (Å²) in [6, 6.07) is 17.3. The van der Waals surface area contributed by atoms with Gasteiger partial charge in [-0.05, 0) is 23.8 Å². The van der Waals surface area contributed by atoms with E-state index in [1.165, 1.54) is 35.6 Å². The molecular formula is C21H13N5O3S. The fourth-order valence-corrected chi connectivity index (χ4v) is 4.40. The molecule has 0 saturated carbocycles. The van der Waals surface area contributed by atoms with Gasteiger partial charge in [-0.1, -0.05) is 35.6 Å². The number of hydrogen-bond acceptors (Lipinski definition) is 8. The number of pyridine rings is 1. The Morgan fingerprint density at radius 2 is 1.83 bits per heavy atom. The third-order valence-electron chi connectivity index (χ3n) is 4.80. The van der Waals surface area contributed by atoms with Gasteiger partial charge in [0.15, 0.2) is 0 Å². The first-order valence-corrected chi connectivity index (χ1v) is 9.87. The van der Waals surface area contributed by atoms with Crippen LogP contribution in [-0.4, -0.2) is 15.7 Å². The maximum atomic E-state index is 13.1. The predicted octanol–water partition coefficient (Wildman–Crippen LogP) is 5.45. The fraction of sp³-hybridized carbons (Fsp3) is 0.0476. The molecular weight excluding hydrogens is 402 g/mol. The summed E-state index contributed by atoms with van der Waals surface area (Å²) in [5, 5.41) is 22.1. The van der Waals surface area contributed by atoms with Gasteiger partial charge in [0.2, 0.25) is 5.78 Å². The van der Waals surface area contributed by atoms with E-state index in [0.717, 1.165) is 16.6 Å². The van der Waals surface area contributed by atoms with Crippen LogP contribution in [0.25, 0.3) is 10.2 Å². The topological polar surface area (TPSA) is 101 Å². The van der Waals surface area contributed by atoms with Gasteiger partial charge in [-0.3, -0.25) is 14.9 Å². The summed E-state index contributed by atoms with van der Waals surface area (Å²) in [7, 11) is 0. The smallest absolute Gasteiger partial charge is 0.269 e. The van der Waals surface area contributed by atoms with Gasteiger partial charge in [0.25, 0.3) is 5.69 Å². The lowest BCUT2D eigenvalue weighted by atomic mass is 10.1. The van der Waals surface area contributed by atoms with Crippen molar-refractivity contribution >= 4 is 44.4 Å². The van der Waals surface area contributed by atoms with Crippen LogP contribution in [0.3, 0.4) is 0 Å². The highest BCUT2D eigenvalue weighted by atomic mass is 32.1. The number of hydrogen-bond donors (Lipinski definition) is 0. The molecule has 1 aliphatic heterocycles. The maximum Gasteiger partial charge on any atom is 0.269 e. The molecule has 0 N–H and O–H groups in total. The molecule has 2 aromatic carbocycles. The van der Waals surface area contributed by atoms with E-state index in [-0.39, 0.29) is 11.5 Å². The molecule has 9 heteroatoms. The van der Waals surface area contributed by atoms with Crippen LogP contribution in [0, 0.1) is 10.1 Å². The third kappa shape index (κ3) is 3.01. The number of nitro groups is 1. The molecule has 0 unspecified atom stereocenters. The number of ketones is 1. The number of rotatable bonds is 5. The number of thiophene rings is 1. The van der Waals surface area contributed by atoms with Crippen LogP contribution in [0.4, 0.5) is 17.1 Å². The fourth-order valence-electron chi connectivity index (χ4n) is 3.34. The molecule has 0 saturated heterocycles. The van der Waals surface area contributed by atoms with E-state index in [4.69, 9.17) is 0 Å². The predicted molar refractivity (Wildman–Crippen MR) is 113 cm³/mol. The van der Waals surface area contributed by atoms with Crippen LogP contribution in [0.15, 0.2) is 77.2 Å². The second kappa shape index (κ2) is 7.12. The Morgan fingerprint density at radius 3 is 2.57 bits per heavy atom. The molecule has 0 radical (unpaired) electrons. The van der Waals surface area contributed by atoms with Crippen molar-refractivity contribution in [2.45, 2.75) is 6.54 Å². The number of benzene rings is 2. The molecule has 3 heterocycles. The van der Waals surface area contributed by atoms with Crippen LogP contribution in [0.1, 0.15) is 20.8 Å². The summed E-state index contributed by atoms with van der Waals surface area (Å²) in [4.78, 5) is 29.0. The first-order valence-electron chi connectivity index (χ1n) is 9.05. The quantitative estimate of drug-likeness (QED) is 0.245. The molecule has 0 atom stereocenters. The lowest BCUT2D eigenvalue weighted by Crippen LogP contribution is -2.16. The van der Waals surface area contributed by atoms with Crippen LogP contribution in [0.2, 0.25) is 0 Å². The molecule has 0 bridgehead atoms. The summed E-state index contributed by atoms with van der Waals surface area (Å²) in [5.41, 5.74) is 2.71. The van der Waals surface area contributed by atoms with Crippen LogP contribution in [0.5, 0.6) is 0 Å². The number of carbonyl (C=O) groups excluding carboxylic acids is 1. The van der Waals surface area contributed by atoms with Crippen LogP contribution < -0.4 is 5.01 Å². The normalized spacial score (nSPS) is 12.3. The van der Waals surface area contributed by atoms with Crippen molar-refractivity contribution in [1.29, 1.82) is 0 Å². The van der Waals surface area contributed by atoms with Gasteiger partial charge in [0, 0.05) is 23.9 Å². The Labute approximate surface area is 174 Å². The zero-order valence-corrected chi connectivity index (χ0v) is 16.2. The molecule has 0 fully saturated rings. The minimum absolute atomic E-state index is 0.0653. The highest BCUT2D eigenvalue weighted by Crippen LogP contribution is 2.46. The van der Waals surface area contributed by atoms with Gasteiger partial charge in [-0.2, -0.15) is 0 Å². The number of carbonyl (C=O) groups is 1. The van der Waals surface area contributed by atoms with Crippen molar-refractivity contribution in [3.05, 3.63) is 93.0 Å². The monoisotopic (exact) mass is 415 g/mol. The maximum absolute atomic E-state index is 13.1. The highest BCUT2D eigenvalue weighted by Gasteiger charge is 2.27. The Hall–Kier alpha value is -3.98. The van der Waals surface area contributed by atoms with Crippen molar-refractivity contribution in [3.63, 3.8) is 0 Å². The van der Waals surface area contributed by atoms with E-state index in [2.05, 4.69) is 15.3 Å². The van der Waals surface area contributed by atoms with Gasteiger partial charge >= 0.3 is 0 Å². The molecule has 5 rings (SSSR count). The molecule has 1 aliphatic rings. The minimum atomic E-state index is -0.497. The Morgan fingerprint density at radius 1 is 1.07 bits per heavy atom. The largest absolute Gasteiger partial charge is 0.288 e. The first kappa shape index (κ1) is 18.1. The summed E-state index contributed by atoms with van der Waals surface area (Å²) < 4.78 is 0. The third-order valence-corrected chi connectivity index (χ3v) is 5.88. The first-order chi connectivity index (χ1) is 14.6. The molecule has 8 nitrogen and oxygen atoms in total. The number of non-ortho nitro benzene ring substituents is 1. The molecule has 0 aliphatic carbocycles. The molecule has 2 aromatic heterocycles. The number of anilines is 1. The molecule has 4 aromatic rings. The SMILES string of the molecule is O=C(c1ccc([N+](=O)[O-])cc1)c1sc2nccc3c2c1N=NN3Cc1ccccc1. The number of nitrogens with zero attached hydrogens (tertiary/aromatic N) is 5. The van der Waals surface area contributed by atoms with Crippen molar-refractivity contribution < 1.29 is 9.72 Å². The van der Waals surface area contributed by atoms with E-state index in [0.29, 0.717) is 27.5 Å². The van der Waals surface area contributed by atoms with E-state index in [1.807, 2.05) is 36.4 Å². The highest BCUT2D eigenvalue weighted by molar-refractivity contribution is 7.21. The summed E-state index contributed by atoms with van der Waals surface area (Å²) in [5.74, 6) is -0.260. The standard InChI is InChI=1S/C21H13N5O3S/c27-19(14-6-8-15(9-7-14)26(28)29)20-18-17-16(10-11-22-21(17)30-20)25(24-23-18)12-13-4-2-1-3-5-13/h1-11H,12H2. The second-order valence-electron chi connectivity index (χ2n) is 6.66. The lowest BCUT2D eigenvalue weighted by molar-refractivity contribution is -0.384. The Balaban J connectivity index is 1.54. The van der Waals surface area contributed by atoms with E-state index < -0.39 is 4.92 Å². The summed E-state index contributed by atoms with van der Waals surface area (Å²) in [6.07, 6.45) is 1.69. The van der Waals surface area contributed by atoms with Crippen LogP contribution in [-0.2, 0) is 6.54 Å². The zero-order chi connectivity index (χ0) is 20.7. The Bertz CT molecular complexity index is 1320. The zero-order valence-electron chi connectivity index (χ0n) is 15.4. The molecule has 146 valence electrons. The van der Waals surface area contributed by atoms with Crippen LogP contribution >= 0.6 is 11.3 Å².